The average Bonchev–Trinajstić information content (AvgIpc) is 2.62. The Morgan fingerprint density at radius 1 is 1.28 bits per heavy atom. The molecule has 0 atom stereocenters. The van der Waals surface area contributed by atoms with Gasteiger partial charge in [0.2, 0.25) is 0 Å². The van der Waals surface area contributed by atoms with Crippen molar-refractivity contribution >= 4 is 11.8 Å². The molecule has 1 aliphatic heterocycles. The second-order valence-electron chi connectivity index (χ2n) is 4.55. The Kier molecular flexibility index (Phi) is 3.96. The van der Waals surface area contributed by atoms with Crippen LogP contribution in [0.3, 0.4) is 0 Å². The summed E-state index contributed by atoms with van der Waals surface area (Å²) in [6.07, 6.45) is 5.83. The van der Waals surface area contributed by atoms with E-state index >= 15 is 0 Å². The Balaban J connectivity index is 2.01. The van der Waals surface area contributed by atoms with Crippen LogP contribution in [-0.4, -0.2) is 33.6 Å². The highest BCUT2D eigenvalue weighted by Crippen LogP contribution is 2.10. The van der Waals surface area contributed by atoms with E-state index in [4.69, 9.17) is 0 Å². The predicted octanol–water partition coefficient (Wildman–Crippen LogP) is 1.19. The SMILES string of the molecule is Cn1cnc(NC(=O)N2CCCCCC2)cc1=O. The molecule has 1 saturated heterocycles. The van der Waals surface area contributed by atoms with Gasteiger partial charge in [-0.25, -0.2) is 9.78 Å². The molecule has 0 unspecified atom stereocenters. The number of amides is 2. The van der Waals surface area contributed by atoms with Crippen LogP contribution in [0.25, 0.3) is 0 Å². The Hall–Kier alpha value is -1.85. The summed E-state index contributed by atoms with van der Waals surface area (Å²) in [5.74, 6) is 0.312. The zero-order valence-electron chi connectivity index (χ0n) is 10.6. The lowest BCUT2D eigenvalue weighted by Gasteiger charge is -2.20. The van der Waals surface area contributed by atoms with Crippen LogP contribution in [0.2, 0.25) is 0 Å². The molecule has 0 aromatic carbocycles. The van der Waals surface area contributed by atoms with Crippen LogP contribution in [0.5, 0.6) is 0 Å². The maximum atomic E-state index is 12.0. The highest BCUT2D eigenvalue weighted by atomic mass is 16.2. The van der Waals surface area contributed by atoms with Crippen LogP contribution >= 0.6 is 0 Å². The topological polar surface area (TPSA) is 67.2 Å². The van der Waals surface area contributed by atoms with Gasteiger partial charge in [-0.3, -0.25) is 10.1 Å². The Morgan fingerprint density at radius 3 is 2.56 bits per heavy atom. The van der Waals surface area contributed by atoms with E-state index in [9.17, 15) is 9.59 Å². The molecule has 18 heavy (non-hydrogen) atoms. The van der Waals surface area contributed by atoms with E-state index in [1.54, 1.807) is 11.9 Å². The number of hydrogen-bond donors (Lipinski definition) is 1. The quantitative estimate of drug-likeness (QED) is 0.814. The molecule has 0 aliphatic carbocycles. The first-order valence-electron chi connectivity index (χ1n) is 6.25. The van der Waals surface area contributed by atoms with Crippen LogP contribution in [0.4, 0.5) is 10.6 Å². The molecule has 2 heterocycles. The third-order valence-corrected chi connectivity index (χ3v) is 3.11. The summed E-state index contributed by atoms with van der Waals surface area (Å²) in [7, 11) is 1.62. The van der Waals surface area contributed by atoms with Crippen molar-refractivity contribution in [3.8, 4) is 0 Å². The molecule has 6 heteroatoms. The number of hydrogen-bond acceptors (Lipinski definition) is 3. The number of aryl methyl sites for hydroxylation is 1. The van der Waals surface area contributed by atoms with Gasteiger partial charge in [0, 0.05) is 26.2 Å². The fourth-order valence-electron chi connectivity index (χ4n) is 1.99. The lowest BCUT2D eigenvalue weighted by molar-refractivity contribution is 0.213. The van der Waals surface area contributed by atoms with Gasteiger partial charge in [0.1, 0.15) is 5.82 Å². The molecule has 6 nitrogen and oxygen atoms in total. The van der Waals surface area contributed by atoms with E-state index in [2.05, 4.69) is 10.3 Å². The first kappa shape index (κ1) is 12.6. The van der Waals surface area contributed by atoms with Crippen molar-refractivity contribution in [2.75, 3.05) is 18.4 Å². The van der Waals surface area contributed by atoms with Gasteiger partial charge in [-0.1, -0.05) is 12.8 Å². The van der Waals surface area contributed by atoms with E-state index in [1.807, 2.05) is 0 Å². The molecule has 0 radical (unpaired) electrons. The fraction of sp³-hybridized carbons (Fsp3) is 0.583. The highest BCUT2D eigenvalue weighted by molar-refractivity contribution is 5.88. The third-order valence-electron chi connectivity index (χ3n) is 3.11. The molecule has 1 fully saturated rings. The van der Waals surface area contributed by atoms with Crippen molar-refractivity contribution in [1.29, 1.82) is 0 Å². The van der Waals surface area contributed by atoms with Gasteiger partial charge in [-0.2, -0.15) is 0 Å². The minimum Gasteiger partial charge on any atom is -0.325 e. The molecule has 1 aliphatic rings. The summed E-state index contributed by atoms with van der Waals surface area (Å²) >= 11 is 0. The lowest BCUT2D eigenvalue weighted by Crippen LogP contribution is -2.36. The van der Waals surface area contributed by atoms with E-state index in [0.717, 1.165) is 25.9 Å². The highest BCUT2D eigenvalue weighted by Gasteiger charge is 2.15. The summed E-state index contributed by atoms with van der Waals surface area (Å²) in [6, 6.07) is 1.16. The standard InChI is InChI=1S/C12H18N4O2/c1-15-9-13-10(8-11(15)17)14-12(18)16-6-4-2-3-5-7-16/h8-9H,2-7H2,1H3,(H,14,18). The van der Waals surface area contributed by atoms with Crippen LogP contribution < -0.4 is 10.9 Å². The Morgan fingerprint density at radius 2 is 1.94 bits per heavy atom. The van der Waals surface area contributed by atoms with Crippen LogP contribution in [0.15, 0.2) is 17.2 Å². The normalized spacial score (nSPS) is 16.2. The summed E-state index contributed by atoms with van der Waals surface area (Å²) in [6.45, 7) is 1.55. The van der Waals surface area contributed by atoms with Gasteiger partial charge in [-0.05, 0) is 12.8 Å². The molecule has 98 valence electrons. The van der Waals surface area contributed by atoms with E-state index in [1.165, 1.54) is 29.8 Å². The van der Waals surface area contributed by atoms with E-state index < -0.39 is 0 Å². The third kappa shape index (κ3) is 3.09. The maximum Gasteiger partial charge on any atom is 0.323 e. The zero-order chi connectivity index (χ0) is 13.0. The second kappa shape index (κ2) is 5.66. The zero-order valence-corrected chi connectivity index (χ0v) is 10.6. The first-order chi connectivity index (χ1) is 8.66. The summed E-state index contributed by atoms with van der Waals surface area (Å²) < 4.78 is 1.36. The smallest absolute Gasteiger partial charge is 0.323 e. The van der Waals surface area contributed by atoms with Crippen LogP contribution in [0, 0.1) is 0 Å². The Labute approximate surface area is 106 Å². The number of nitrogens with one attached hydrogen (secondary N) is 1. The lowest BCUT2D eigenvalue weighted by atomic mass is 10.2. The van der Waals surface area contributed by atoms with Gasteiger partial charge in [0.25, 0.3) is 5.56 Å². The number of rotatable bonds is 1. The Bertz CT molecular complexity index is 475. The van der Waals surface area contributed by atoms with Crippen LogP contribution in [0.1, 0.15) is 25.7 Å². The number of carbonyl (C=O) groups is 1. The second-order valence-corrected chi connectivity index (χ2v) is 4.55. The minimum absolute atomic E-state index is 0.169. The predicted molar refractivity (Wildman–Crippen MR) is 68.5 cm³/mol. The minimum atomic E-state index is -0.184. The van der Waals surface area contributed by atoms with Crippen molar-refractivity contribution in [3.05, 3.63) is 22.7 Å². The monoisotopic (exact) mass is 250 g/mol. The summed E-state index contributed by atoms with van der Waals surface area (Å²) in [4.78, 5) is 29.2. The number of nitrogens with zero attached hydrogens (tertiary/aromatic N) is 3. The van der Waals surface area contributed by atoms with E-state index in [-0.39, 0.29) is 11.6 Å². The molecule has 0 bridgehead atoms. The molecule has 0 spiro atoms. The number of likely N-dealkylation sites (tertiary alicyclic amines) is 1. The van der Waals surface area contributed by atoms with Gasteiger partial charge in [-0.15, -0.1) is 0 Å². The maximum absolute atomic E-state index is 12.0. The fourth-order valence-corrected chi connectivity index (χ4v) is 1.99. The van der Waals surface area contributed by atoms with Gasteiger partial charge in [0.15, 0.2) is 0 Å². The molecular weight excluding hydrogens is 232 g/mol. The van der Waals surface area contributed by atoms with Crippen molar-refractivity contribution in [2.24, 2.45) is 7.05 Å². The van der Waals surface area contributed by atoms with Gasteiger partial charge < -0.3 is 9.47 Å². The van der Waals surface area contributed by atoms with Crippen molar-refractivity contribution in [2.45, 2.75) is 25.7 Å². The van der Waals surface area contributed by atoms with Gasteiger partial charge >= 0.3 is 6.03 Å². The molecule has 1 N–H and O–H groups in total. The summed E-state index contributed by atoms with van der Waals surface area (Å²) in [5.41, 5.74) is -0.184. The number of aromatic nitrogens is 2. The van der Waals surface area contributed by atoms with Crippen molar-refractivity contribution in [1.82, 2.24) is 14.5 Å². The largest absolute Gasteiger partial charge is 0.325 e. The number of urea groups is 1. The van der Waals surface area contributed by atoms with E-state index in [0.29, 0.717) is 5.82 Å². The van der Waals surface area contributed by atoms with Crippen molar-refractivity contribution in [3.63, 3.8) is 0 Å². The summed E-state index contributed by atoms with van der Waals surface area (Å²) in [5, 5.41) is 2.67. The molecular formula is C12H18N4O2. The molecule has 2 rings (SSSR count). The van der Waals surface area contributed by atoms with Crippen molar-refractivity contribution < 1.29 is 4.79 Å². The first-order valence-corrected chi connectivity index (χ1v) is 6.25. The molecule has 1 aromatic rings. The van der Waals surface area contributed by atoms with Crippen LogP contribution in [-0.2, 0) is 7.05 Å². The number of anilines is 1. The molecule has 1 aromatic heterocycles. The molecule has 2 amide bonds. The van der Waals surface area contributed by atoms with Gasteiger partial charge in [0.05, 0.1) is 6.33 Å². The average molecular weight is 250 g/mol. The number of carbonyl (C=O) groups excluding carboxylic acids is 1. The molecule has 0 saturated carbocycles.